The second-order valence-corrected chi connectivity index (χ2v) is 17.0. The number of esters is 1. The van der Waals surface area contributed by atoms with Gasteiger partial charge in [-0.3, -0.25) is 4.79 Å². The van der Waals surface area contributed by atoms with Gasteiger partial charge in [0.15, 0.2) is 0 Å². The maximum Gasteiger partial charge on any atom is 0.311 e. The van der Waals surface area contributed by atoms with E-state index in [-0.39, 0.29) is 18.7 Å². The summed E-state index contributed by atoms with van der Waals surface area (Å²) in [4.78, 5) is 11.8. The molecule has 0 aromatic rings. The first-order valence-corrected chi connectivity index (χ1v) is 14.6. The first-order chi connectivity index (χ1) is 14.2. The summed E-state index contributed by atoms with van der Waals surface area (Å²) in [5, 5.41) is 13.9. The van der Waals surface area contributed by atoms with Crippen molar-refractivity contribution >= 4 is 14.3 Å². The summed E-state index contributed by atoms with van der Waals surface area (Å²) in [5.41, 5.74) is 1.28. The summed E-state index contributed by atoms with van der Waals surface area (Å²) in [6, 6.07) is 0.812. The molecule has 6 heteroatoms. The van der Waals surface area contributed by atoms with Crippen LogP contribution in [0.3, 0.4) is 0 Å². The van der Waals surface area contributed by atoms with E-state index in [1.807, 2.05) is 20.8 Å². The predicted molar refractivity (Wildman–Crippen MR) is 132 cm³/mol. The molecule has 31 heavy (non-hydrogen) atoms. The topological polar surface area (TPSA) is 67.8 Å². The van der Waals surface area contributed by atoms with Crippen LogP contribution in [0.4, 0.5) is 0 Å². The number of rotatable bonds is 11. The molecule has 0 aromatic carbocycles. The van der Waals surface area contributed by atoms with Gasteiger partial charge in [0.05, 0.1) is 17.6 Å². The normalized spacial score (nSPS) is 24.1. The van der Waals surface area contributed by atoms with Gasteiger partial charge in [0, 0.05) is 12.1 Å². The first-order valence-electron chi connectivity index (χ1n) is 12.5. The molecule has 1 aliphatic heterocycles. The molecule has 1 saturated heterocycles. The fourth-order valence-electron chi connectivity index (χ4n) is 5.31. The van der Waals surface area contributed by atoms with Crippen LogP contribution < -0.4 is 5.32 Å². The molecule has 0 amide bonds. The number of ether oxygens (including phenoxy) is 1. The van der Waals surface area contributed by atoms with Crippen molar-refractivity contribution in [2.45, 2.75) is 142 Å². The molecule has 1 rings (SSSR count). The Hall–Kier alpha value is -0.433. The third-order valence-corrected chi connectivity index (χ3v) is 13.2. The van der Waals surface area contributed by atoms with Gasteiger partial charge in [-0.2, -0.15) is 0 Å². The van der Waals surface area contributed by atoms with Crippen LogP contribution in [0.2, 0.25) is 16.6 Å². The van der Waals surface area contributed by atoms with E-state index in [0.717, 1.165) is 25.7 Å². The highest BCUT2D eigenvalue weighted by molar-refractivity contribution is 6.77. The van der Waals surface area contributed by atoms with Gasteiger partial charge >= 0.3 is 5.97 Å². The van der Waals surface area contributed by atoms with Gasteiger partial charge in [-0.15, -0.1) is 0 Å². The summed E-state index contributed by atoms with van der Waals surface area (Å²) in [5.74, 6) is -0.260. The molecular formula is C25H51NO4Si. The Labute approximate surface area is 193 Å². The van der Waals surface area contributed by atoms with Crippen LogP contribution in [-0.2, 0) is 14.0 Å². The van der Waals surface area contributed by atoms with Crippen LogP contribution in [0, 0.1) is 5.41 Å². The van der Waals surface area contributed by atoms with E-state index in [0.29, 0.717) is 35.1 Å². The number of hydrogen-bond acceptors (Lipinski definition) is 5. The highest BCUT2D eigenvalue weighted by Crippen LogP contribution is 2.44. The van der Waals surface area contributed by atoms with Crippen LogP contribution in [0.5, 0.6) is 0 Å². The Morgan fingerprint density at radius 2 is 1.61 bits per heavy atom. The predicted octanol–water partition coefficient (Wildman–Crippen LogP) is 5.81. The number of piperidine rings is 1. The molecule has 4 atom stereocenters. The SMILES string of the molecule is CC(C)[Si](O[C@@H]1CC[C@H](CCC[C@@H](O)COC(=O)C(C)(C)C)N[C@H]1C)(C(C)C)C(C)C. The second-order valence-electron chi connectivity index (χ2n) is 11.6. The maximum atomic E-state index is 11.8. The van der Waals surface area contributed by atoms with Crippen LogP contribution in [0.1, 0.15) is 101 Å². The van der Waals surface area contributed by atoms with E-state index in [2.05, 4.69) is 53.8 Å². The standard InChI is InChI=1S/C25H51NO4Si/c1-17(2)31(18(3)4,19(5)6)30-23-15-14-21(26-20(23)7)12-11-13-22(27)16-29-24(28)25(8,9)10/h17-23,26-27H,11-16H2,1-10H3/t20-,21-,22+,23+/m0/s1. The highest BCUT2D eigenvalue weighted by Gasteiger charge is 2.47. The van der Waals surface area contributed by atoms with E-state index >= 15 is 0 Å². The summed E-state index contributed by atoms with van der Waals surface area (Å²) in [6.07, 6.45) is 4.54. The first kappa shape index (κ1) is 28.6. The zero-order valence-corrected chi connectivity index (χ0v) is 23.0. The molecular weight excluding hydrogens is 406 g/mol. The van der Waals surface area contributed by atoms with E-state index in [1.54, 1.807) is 0 Å². The lowest BCUT2D eigenvalue weighted by molar-refractivity contribution is -0.156. The molecule has 0 saturated carbocycles. The van der Waals surface area contributed by atoms with Crippen molar-refractivity contribution in [2.24, 2.45) is 5.41 Å². The molecule has 184 valence electrons. The number of carbonyl (C=O) groups is 1. The van der Waals surface area contributed by atoms with Gasteiger partial charge in [-0.1, -0.05) is 41.5 Å². The fraction of sp³-hybridized carbons (Fsp3) is 0.960. The number of aliphatic hydroxyl groups excluding tert-OH is 1. The van der Waals surface area contributed by atoms with E-state index in [1.165, 1.54) is 0 Å². The van der Waals surface area contributed by atoms with Crippen molar-refractivity contribution in [3.05, 3.63) is 0 Å². The van der Waals surface area contributed by atoms with Crippen LogP contribution in [0.25, 0.3) is 0 Å². The molecule has 0 bridgehead atoms. The minimum absolute atomic E-state index is 0.0901. The molecule has 0 radical (unpaired) electrons. The second kappa shape index (κ2) is 12.1. The quantitative estimate of drug-likeness (QED) is 0.303. The highest BCUT2D eigenvalue weighted by atomic mass is 28.4. The third kappa shape index (κ3) is 8.13. The maximum absolute atomic E-state index is 11.8. The van der Waals surface area contributed by atoms with Gasteiger partial charge in [-0.05, 0) is 76.4 Å². The summed E-state index contributed by atoms with van der Waals surface area (Å²) in [7, 11) is -1.87. The summed E-state index contributed by atoms with van der Waals surface area (Å²) in [6.45, 7) is 21.9. The molecule has 5 nitrogen and oxygen atoms in total. The molecule has 0 aromatic heterocycles. The molecule has 1 heterocycles. The molecule has 0 aliphatic carbocycles. The number of nitrogens with one attached hydrogen (secondary N) is 1. The Bertz CT molecular complexity index is 522. The zero-order valence-electron chi connectivity index (χ0n) is 22.0. The molecule has 2 N–H and O–H groups in total. The monoisotopic (exact) mass is 457 g/mol. The minimum Gasteiger partial charge on any atom is -0.463 e. The van der Waals surface area contributed by atoms with E-state index in [9.17, 15) is 9.90 Å². The van der Waals surface area contributed by atoms with E-state index < -0.39 is 19.8 Å². The van der Waals surface area contributed by atoms with Crippen molar-refractivity contribution in [1.29, 1.82) is 0 Å². The van der Waals surface area contributed by atoms with Gasteiger partial charge in [0.2, 0.25) is 8.32 Å². The van der Waals surface area contributed by atoms with Gasteiger partial charge < -0.3 is 19.6 Å². The van der Waals surface area contributed by atoms with Crippen molar-refractivity contribution in [1.82, 2.24) is 5.32 Å². The number of carbonyl (C=O) groups excluding carboxylic acids is 1. The Kier molecular flexibility index (Phi) is 11.2. The minimum atomic E-state index is -1.87. The smallest absolute Gasteiger partial charge is 0.311 e. The van der Waals surface area contributed by atoms with Crippen LogP contribution >= 0.6 is 0 Å². The van der Waals surface area contributed by atoms with Gasteiger partial charge in [-0.25, -0.2) is 0 Å². The lowest BCUT2D eigenvalue weighted by Gasteiger charge is -2.48. The summed E-state index contributed by atoms with van der Waals surface area (Å²) < 4.78 is 12.3. The van der Waals surface area contributed by atoms with Crippen molar-refractivity contribution < 1.29 is 19.1 Å². The average Bonchev–Trinajstić information content (AvgIpc) is 2.63. The Morgan fingerprint density at radius 3 is 2.06 bits per heavy atom. The van der Waals surface area contributed by atoms with Crippen LogP contribution in [0.15, 0.2) is 0 Å². The molecule has 0 spiro atoms. The van der Waals surface area contributed by atoms with Gasteiger partial charge in [0.25, 0.3) is 0 Å². The lowest BCUT2D eigenvalue weighted by Crippen LogP contribution is -2.57. The van der Waals surface area contributed by atoms with Crippen molar-refractivity contribution in [3.8, 4) is 0 Å². The van der Waals surface area contributed by atoms with Crippen molar-refractivity contribution in [3.63, 3.8) is 0 Å². The van der Waals surface area contributed by atoms with E-state index in [4.69, 9.17) is 9.16 Å². The third-order valence-electron chi connectivity index (χ3n) is 7.03. The summed E-state index contributed by atoms with van der Waals surface area (Å²) >= 11 is 0. The molecule has 0 unspecified atom stereocenters. The zero-order chi connectivity index (χ0) is 24.0. The largest absolute Gasteiger partial charge is 0.463 e. The molecule has 1 aliphatic rings. The molecule has 1 fully saturated rings. The number of hydrogen-bond donors (Lipinski definition) is 2. The van der Waals surface area contributed by atoms with Crippen LogP contribution in [-0.4, -0.2) is 50.3 Å². The van der Waals surface area contributed by atoms with Gasteiger partial charge in [0.1, 0.15) is 6.61 Å². The Morgan fingerprint density at radius 1 is 1.06 bits per heavy atom. The Balaban J connectivity index is 2.47. The average molecular weight is 458 g/mol. The lowest BCUT2D eigenvalue weighted by atomic mass is 9.93. The van der Waals surface area contributed by atoms with Crippen molar-refractivity contribution in [2.75, 3.05) is 6.61 Å². The fourth-order valence-corrected chi connectivity index (χ4v) is 11.0. The number of aliphatic hydroxyl groups is 1.